The molecule has 210 valence electrons. The third-order valence-corrected chi connectivity index (χ3v) is 6.82. The molecular weight excluding hydrogens is 543 g/mol. The second-order valence-corrected chi connectivity index (χ2v) is 9.66. The minimum atomic E-state index is -1.63. The lowest BCUT2D eigenvalue weighted by atomic mass is 9.91. The first-order valence-corrected chi connectivity index (χ1v) is 12.1. The number of rotatable bonds is 7. The first kappa shape index (κ1) is 28.8. The topological polar surface area (TPSA) is 113 Å². The largest absolute Gasteiger partial charge is 0.394 e. The second-order valence-electron chi connectivity index (χ2n) is 9.22. The highest BCUT2D eigenvalue weighted by Gasteiger charge is 2.50. The van der Waals surface area contributed by atoms with Crippen LogP contribution in [-0.2, 0) is 14.3 Å². The van der Waals surface area contributed by atoms with Gasteiger partial charge >= 0.3 is 0 Å². The summed E-state index contributed by atoms with van der Waals surface area (Å²) in [5, 5.41) is 29.2. The van der Waals surface area contributed by atoms with E-state index in [1.807, 2.05) is 0 Å². The predicted octanol–water partition coefficient (Wildman–Crippen LogP) is 2.42. The Labute approximate surface area is 227 Å². The van der Waals surface area contributed by atoms with Crippen LogP contribution in [0.4, 0.5) is 24.5 Å². The highest BCUT2D eigenvalue weighted by Crippen LogP contribution is 2.36. The quantitative estimate of drug-likeness (QED) is 0.417. The number of amides is 1. The smallest absolute Gasteiger partial charge is 0.258 e. The van der Waals surface area contributed by atoms with Crippen LogP contribution in [0.15, 0.2) is 36.5 Å². The van der Waals surface area contributed by atoms with Gasteiger partial charge in [-0.1, -0.05) is 16.8 Å². The Bertz CT molecular complexity index is 1340. The lowest BCUT2D eigenvalue weighted by Crippen LogP contribution is -2.61. The van der Waals surface area contributed by atoms with E-state index in [1.165, 1.54) is 25.3 Å². The number of nitrogens with zero attached hydrogens (tertiary/aromatic N) is 5. The molecule has 2 aromatic carbocycles. The summed E-state index contributed by atoms with van der Waals surface area (Å²) in [5.41, 5.74) is 1.03. The number of hydrogen-bond donors (Lipinski definition) is 2. The van der Waals surface area contributed by atoms with Crippen molar-refractivity contribution < 1.29 is 37.7 Å². The summed E-state index contributed by atoms with van der Waals surface area (Å²) < 4.78 is 53.6. The van der Waals surface area contributed by atoms with E-state index in [0.29, 0.717) is 16.4 Å². The fourth-order valence-electron chi connectivity index (χ4n) is 4.57. The summed E-state index contributed by atoms with van der Waals surface area (Å²) in [5.74, 6) is -5.01. The molecule has 2 heterocycles. The molecule has 3 aromatic rings. The van der Waals surface area contributed by atoms with Crippen molar-refractivity contribution in [3.8, 4) is 11.3 Å². The van der Waals surface area contributed by atoms with Crippen molar-refractivity contribution in [2.24, 2.45) is 0 Å². The summed E-state index contributed by atoms with van der Waals surface area (Å²) in [6, 6.07) is 5.44. The molecule has 0 aliphatic carbocycles. The maximum atomic E-state index is 13.8. The fourth-order valence-corrected chi connectivity index (χ4v) is 4.74. The first-order chi connectivity index (χ1) is 18.5. The molecule has 1 amide bonds. The van der Waals surface area contributed by atoms with Crippen LogP contribution in [0.3, 0.4) is 0 Å². The van der Waals surface area contributed by atoms with E-state index in [2.05, 4.69) is 10.3 Å². The fraction of sp³-hybridized carbons (Fsp3) is 0.400. The molecule has 10 nitrogen and oxygen atoms in total. The molecule has 2 N–H and O–H groups in total. The number of ether oxygens (including phenoxy) is 2. The Hall–Kier alpha value is -3.23. The maximum absolute atomic E-state index is 13.8. The SMILES string of the molecule is CO[C@@H]1[C@@H](n2cc(-c3cc(F)c(F)c(F)c3)nn2)[C@@H](O)[C@@H](CO)O[C@H]1C(=O)N(C)c1cc(Cl)ccc1N(C)C. The molecule has 39 heavy (non-hydrogen) atoms. The average molecular weight is 570 g/mol. The molecule has 0 bridgehead atoms. The Morgan fingerprint density at radius 3 is 2.41 bits per heavy atom. The zero-order valence-corrected chi connectivity index (χ0v) is 22.2. The Balaban J connectivity index is 1.71. The Kier molecular flexibility index (Phi) is 8.47. The standard InChI is InChI=1S/C25H27ClF3N5O5/c1-32(2)17-6-5-13(26)9-18(17)33(3)25(37)24-23(38-4)21(22(36)19(11-35)39-24)34-10-16(30-31-34)12-7-14(27)20(29)15(28)8-12/h5-10,19,21-24,35-36H,11H2,1-4H3/t19-,21+,22+,23-,24-/m1/s1. The van der Waals surface area contributed by atoms with Gasteiger partial charge in [0.2, 0.25) is 0 Å². The van der Waals surface area contributed by atoms with Crippen molar-refractivity contribution in [2.45, 2.75) is 30.5 Å². The summed E-state index contributed by atoms with van der Waals surface area (Å²) in [6.07, 6.45) is -3.85. The number of aromatic nitrogens is 3. The van der Waals surface area contributed by atoms with Gasteiger partial charge in [-0.3, -0.25) is 4.79 Å². The molecule has 14 heteroatoms. The van der Waals surface area contributed by atoms with Crippen LogP contribution in [0, 0.1) is 17.5 Å². The highest BCUT2D eigenvalue weighted by molar-refractivity contribution is 6.31. The number of methoxy groups -OCH3 is 1. The van der Waals surface area contributed by atoms with Crippen LogP contribution < -0.4 is 9.80 Å². The van der Waals surface area contributed by atoms with Crippen LogP contribution in [0.1, 0.15) is 6.04 Å². The zero-order valence-electron chi connectivity index (χ0n) is 21.4. The summed E-state index contributed by atoms with van der Waals surface area (Å²) in [6.45, 7) is -0.641. The van der Waals surface area contributed by atoms with Gasteiger partial charge in [0, 0.05) is 38.8 Å². The Morgan fingerprint density at radius 2 is 1.82 bits per heavy atom. The molecule has 1 aromatic heterocycles. The second kappa shape index (κ2) is 11.5. The normalized spacial score (nSPS) is 23.1. The van der Waals surface area contributed by atoms with E-state index < -0.39 is 60.4 Å². The zero-order chi connectivity index (χ0) is 28.6. The highest BCUT2D eigenvalue weighted by atomic mass is 35.5. The van der Waals surface area contributed by atoms with E-state index in [1.54, 1.807) is 37.2 Å². The average Bonchev–Trinajstić information content (AvgIpc) is 3.39. The van der Waals surface area contributed by atoms with E-state index >= 15 is 0 Å². The summed E-state index contributed by atoms with van der Waals surface area (Å²) in [7, 11) is 6.43. The van der Waals surface area contributed by atoms with Gasteiger partial charge in [0.1, 0.15) is 30.0 Å². The number of likely N-dealkylation sites (N-methyl/N-ethyl adjacent to an activating group) is 1. The molecule has 1 saturated heterocycles. The first-order valence-electron chi connectivity index (χ1n) is 11.8. The van der Waals surface area contributed by atoms with E-state index in [0.717, 1.165) is 16.8 Å². The van der Waals surface area contributed by atoms with Gasteiger partial charge in [-0.05, 0) is 30.3 Å². The summed E-state index contributed by atoms with van der Waals surface area (Å²) >= 11 is 6.20. The van der Waals surface area contributed by atoms with Crippen molar-refractivity contribution in [3.63, 3.8) is 0 Å². The molecule has 5 atom stereocenters. The number of carbonyl (C=O) groups excluding carboxylic acids is 1. The van der Waals surface area contributed by atoms with E-state index in [4.69, 9.17) is 21.1 Å². The lowest BCUT2D eigenvalue weighted by molar-refractivity contribution is -0.211. The van der Waals surface area contributed by atoms with Gasteiger partial charge in [-0.15, -0.1) is 5.10 Å². The van der Waals surface area contributed by atoms with Gasteiger partial charge in [-0.25, -0.2) is 17.9 Å². The van der Waals surface area contributed by atoms with Crippen molar-refractivity contribution in [1.29, 1.82) is 0 Å². The summed E-state index contributed by atoms with van der Waals surface area (Å²) in [4.78, 5) is 16.9. The molecule has 4 rings (SSSR count). The third-order valence-electron chi connectivity index (χ3n) is 6.59. The van der Waals surface area contributed by atoms with Crippen LogP contribution in [-0.4, -0.2) is 90.4 Å². The van der Waals surface area contributed by atoms with E-state index in [9.17, 15) is 28.2 Å². The van der Waals surface area contributed by atoms with Gasteiger partial charge in [0.15, 0.2) is 23.6 Å². The van der Waals surface area contributed by atoms with Crippen molar-refractivity contribution in [3.05, 3.63) is 59.0 Å². The van der Waals surface area contributed by atoms with Crippen LogP contribution in [0.2, 0.25) is 5.02 Å². The molecular formula is C25H27ClF3N5O5. The van der Waals surface area contributed by atoms with Gasteiger partial charge in [-0.2, -0.15) is 0 Å². The molecule has 1 aliphatic rings. The number of aliphatic hydroxyl groups excluding tert-OH is 2. The van der Waals surface area contributed by atoms with Gasteiger partial charge in [0.25, 0.3) is 5.91 Å². The minimum absolute atomic E-state index is 0.0311. The molecule has 0 radical (unpaired) electrons. The van der Waals surface area contributed by atoms with Crippen LogP contribution in [0.5, 0.6) is 0 Å². The van der Waals surface area contributed by atoms with Crippen LogP contribution >= 0.6 is 11.6 Å². The lowest BCUT2D eigenvalue weighted by Gasteiger charge is -2.44. The third kappa shape index (κ3) is 5.45. The monoisotopic (exact) mass is 569 g/mol. The van der Waals surface area contributed by atoms with Gasteiger partial charge < -0.3 is 29.5 Å². The number of benzene rings is 2. The molecule has 0 spiro atoms. The minimum Gasteiger partial charge on any atom is -0.394 e. The Morgan fingerprint density at radius 1 is 1.15 bits per heavy atom. The number of aliphatic hydroxyl groups is 2. The van der Waals surface area contributed by atoms with E-state index in [-0.39, 0.29) is 11.3 Å². The maximum Gasteiger partial charge on any atom is 0.258 e. The van der Waals surface area contributed by atoms with Gasteiger partial charge in [0.05, 0.1) is 24.2 Å². The molecule has 0 unspecified atom stereocenters. The van der Waals surface area contributed by atoms with Crippen LogP contribution in [0.25, 0.3) is 11.3 Å². The van der Waals surface area contributed by atoms with Crippen molar-refractivity contribution in [1.82, 2.24) is 15.0 Å². The number of anilines is 2. The van der Waals surface area contributed by atoms with Crippen molar-refractivity contribution >= 4 is 28.9 Å². The number of carbonyl (C=O) groups is 1. The van der Waals surface area contributed by atoms with Crippen molar-refractivity contribution in [2.75, 3.05) is 44.7 Å². The number of halogens is 4. The predicted molar refractivity (Wildman–Crippen MR) is 136 cm³/mol. The molecule has 1 aliphatic heterocycles. The molecule has 0 saturated carbocycles. The number of hydrogen-bond acceptors (Lipinski definition) is 8. The molecule has 1 fully saturated rings.